The lowest BCUT2D eigenvalue weighted by molar-refractivity contribution is -0.199. The minimum Gasteiger partial charge on any atom is -0.448 e. The van der Waals surface area contributed by atoms with Crippen LogP contribution < -0.4 is 10.6 Å². The van der Waals surface area contributed by atoms with E-state index in [2.05, 4.69) is 58.5 Å². The average molecular weight is 571 g/mol. The second-order valence-electron chi connectivity index (χ2n) is 12.6. The minimum absolute atomic E-state index is 0.00542. The predicted octanol–water partition coefficient (Wildman–Crippen LogP) is 3.58. The van der Waals surface area contributed by atoms with Gasteiger partial charge in [0, 0.05) is 18.8 Å². The van der Waals surface area contributed by atoms with Crippen LogP contribution in [0.25, 0.3) is 0 Å². The first kappa shape index (κ1) is 28.5. The highest BCUT2D eigenvalue weighted by molar-refractivity contribution is 6.47. The molecule has 0 spiro atoms. The SMILES string of the molecule is CC1(C)[C@@H]2C[C@H]3OB([C@H](CCCc4ccccc4)NC(=O)[C@H](Cc4cnco4)NC(=O)c4cnccn4)O[C@@]3(C)[C@H]1C2. The first-order valence-corrected chi connectivity index (χ1v) is 14.9. The van der Waals surface area contributed by atoms with Crippen LogP contribution in [0.2, 0.25) is 0 Å². The third-order valence-electron chi connectivity index (χ3n) is 9.75. The van der Waals surface area contributed by atoms with Gasteiger partial charge >= 0.3 is 7.12 Å². The molecule has 2 N–H and O–H groups in total. The second kappa shape index (κ2) is 11.6. The molecule has 3 aliphatic carbocycles. The van der Waals surface area contributed by atoms with Gasteiger partial charge in [0.05, 0.1) is 30.0 Å². The van der Waals surface area contributed by atoms with E-state index in [0.29, 0.717) is 24.0 Å². The van der Waals surface area contributed by atoms with Crippen molar-refractivity contribution in [2.45, 2.75) is 83.0 Å². The lowest BCUT2D eigenvalue weighted by atomic mass is 9.43. The van der Waals surface area contributed by atoms with Gasteiger partial charge in [0.25, 0.3) is 5.91 Å². The summed E-state index contributed by atoms with van der Waals surface area (Å²) in [6.07, 6.45) is 11.7. The molecule has 2 bridgehead atoms. The third kappa shape index (κ3) is 5.59. The Morgan fingerprint density at radius 1 is 1.07 bits per heavy atom. The molecule has 10 nitrogen and oxygen atoms in total. The van der Waals surface area contributed by atoms with Crippen LogP contribution in [-0.4, -0.2) is 57.6 Å². The van der Waals surface area contributed by atoms with E-state index < -0.39 is 30.6 Å². The molecule has 1 aliphatic heterocycles. The monoisotopic (exact) mass is 571 g/mol. The Kier molecular flexibility index (Phi) is 7.89. The predicted molar refractivity (Wildman–Crippen MR) is 155 cm³/mol. The van der Waals surface area contributed by atoms with Gasteiger partial charge in [-0.2, -0.15) is 0 Å². The van der Waals surface area contributed by atoms with Gasteiger partial charge in [-0.05, 0) is 61.8 Å². The van der Waals surface area contributed by atoms with Gasteiger partial charge < -0.3 is 24.4 Å². The molecular formula is C31H38BN5O5. The number of amides is 2. The topological polar surface area (TPSA) is 128 Å². The average Bonchev–Trinajstić information content (AvgIpc) is 3.64. The molecule has 4 fully saturated rings. The van der Waals surface area contributed by atoms with E-state index in [1.165, 1.54) is 36.7 Å². The summed E-state index contributed by atoms with van der Waals surface area (Å²) in [5.74, 6) is 0.239. The zero-order chi connectivity index (χ0) is 29.3. The molecule has 2 aromatic heterocycles. The van der Waals surface area contributed by atoms with Gasteiger partial charge in [0.15, 0.2) is 6.39 Å². The molecule has 7 rings (SSSR count). The number of aromatic nitrogens is 3. The summed E-state index contributed by atoms with van der Waals surface area (Å²) in [7, 11) is -0.587. The van der Waals surface area contributed by atoms with Crippen LogP contribution in [0.15, 0.2) is 65.9 Å². The Bertz CT molecular complexity index is 1370. The first-order valence-electron chi connectivity index (χ1n) is 14.9. The molecule has 4 aliphatic rings. The molecule has 1 saturated heterocycles. The van der Waals surface area contributed by atoms with E-state index in [0.717, 1.165) is 25.7 Å². The Labute approximate surface area is 246 Å². The first-order chi connectivity index (χ1) is 20.2. The summed E-state index contributed by atoms with van der Waals surface area (Å²) in [6, 6.07) is 9.35. The van der Waals surface area contributed by atoms with Crippen LogP contribution in [0.4, 0.5) is 0 Å². The highest BCUT2D eigenvalue weighted by Crippen LogP contribution is 2.65. The highest BCUT2D eigenvalue weighted by atomic mass is 16.7. The molecule has 42 heavy (non-hydrogen) atoms. The van der Waals surface area contributed by atoms with Crippen LogP contribution in [0.5, 0.6) is 0 Å². The van der Waals surface area contributed by atoms with Crippen molar-refractivity contribution in [1.82, 2.24) is 25.6 Å². The molecule has 3 aromatic rings. The van der Waals surface area contributed by atoms with Crippen LogP contribution in [-0.2, 0) is 26.9 Å². The summed E-state index contributed by atoms with van der Waals surface area (Å²) < 4.78 is 18.8. The lowest BCUT2D eigenvalue weighted by Gasteiger charge is -2.64. The molecule has 3 saturated carbocycles. The van der Waals surface area contributed by atoms with E-state index in [1.54, 1.807) is 0 Å². The van der Waals surface area contributed by atoms with Gasteiger partial charge in [-0.3, -0.25) is 14.6 Å². The molecule has 0 radical (unpaired) electrons. The minimum atomic E-state index is -0.935. The number of carbonyl (C=O) groups excluding carboxylic acids is 2. The normalized spacial score (nSPS) is 26.9. The summed E-state index contributed by atoms with van der Waals surface area (Å²) in [5.41, 5.74) is 1.17. The van der Waals surface area contributed by atoms with Crippen molar-refractivity contribution in [3.63, 3.8) is 0 Å². The molecule has 220 valence electrons. The van der Waals surface area contributed by atoms with E-state index in [4.69, 9.17) is 13.7 Å². The lowest BCUT2D eigenvalue weighted by Crippen LogP contribution is -2.65. The summed E-state index contributed by atoms with van der Waals surface area (Å²) in [4.78, 5) is 38.9. The van der Waals surface area contributed by atoms with Crippen molar-refractivity contribution in [1.29, 1.82) is 0 Å². The third-order valence-corrected chi connectivity index (χ3v) is 9.75. The van der Waals surface area contributed by atoms with Crippen LogP contribution in [0, 0.1) is 17.3 Å². The van der Waals surface area contributed by atoms with Crippen molar-refractivity contribution in [3.8, 4) is 0 Å². The van der Waals surface area contributed by atoms with E-state index in [-0.39, 0.29) is 29.5 Å². The summed E-state index contributed by atoms with van der Waals surface area (Å²) >= 11 is 0. The maximum Gasteiger partial charge on any atom is 0.481 e. The van der Waals surface area contributed by atoms with E-state index >= 15 is 0 Å². The van der Waals surface area contributed by atoms with Crippen molar-refractivity contribution < 1.29 is 23.3 Å². The van der Waals surface area contributed by atoms with Crippen molar-refractivity contribution >= 4 is 18.9 Å². The Hall–Kier alpha value is -3.57. The number of hydrogen-bond donors (Lipinski definition) is 2. The Balaban J connectivity index is 1.20. The number of benzene rings is 1. The van der Waals surface area contributed by atoms with Crippen LogP contribution in [0.3, 0.4) is 0 Å². The fourth-order valence-corrected chi connectivity index (χ4v) is 7.20. The van der Waals surface area contributed by atoms with Gasteiger partial charge in [-0.15, -0.1) is 0 Å². The number of nitrogens with one attached hydrogen (secondary N) is 2. The number of hydrogen-bond acceptors (Lipinski definition) is 8. The maximum atomic E-state index is 13.9. The maximum absolute atomic E-state index is 13.9. The summed E-state index contributed by atoms with van der Waals surface area (Å²) in [6.45, 7) is 6.84. The second-order valence-corrected chi connectivity index (χ2v) is 12.6. The van der Waals surface area contributed by atoms with E-state index in [1.807, 2.05) is 18.2 Å². The smallest absolute Gasteiger partial charge is 0.448 e. The highest BCUT2D eigenvalue weighted by Gasteiger charge is 2.68. The number of aryl methyl sites for hydroxylation is 1. The fraction of sp³-hybridized carbons (Fsp3) is 0.516. The molecular weight excluding hydrogens is 533 g/mol. The zero-order valence-electron chi connectivity index (χ0n) is 24.4. The fourth-order valence-electron chi connectivity index (χ4n) is 7.20. The van der Waals surface area contributed by atoms with Crippen LogP contribution in [0.1, 0.15) is 68.3 Å². The Morgan fingerprint density at radius 2 is 1.90 bits per heavy atom. The number of oxazole rings is 1. The van der Waals surface area contributed by atoms with Crippen molar-refractivity contribution in [2.24, 2.45) is 17.3 Å². The molecule has 6 atom stereocenters. The molecule has 11 heteroatoms. The van der Waals surface area contributed by atoms with Gasteiger partial charge in [0.1, 0.15) is 17.5 Å². The molecule has 3 heterocycles. The number of carbonyl (C=O) groups is 2. The van der Waals surface area contributed by atoms with Crippen molar-refractivity contribution in [3.05, 3.63) is 78.5 Å². The molecule has 1 aromatic carbocycles. The number of nitrogens with zero attached hydrogens (tertiary/aromatic N) is 3. The van der Waals surface area contributed by atoms with Gasteiger partial charge in [-0.25, -0.2) is 9.97 Å². The standard InChI is InChI=1S/C31H38BN5O5/c1-30(2)21-14-25(30)31(3)26(15-21)41-32(42-31)27(11-7-10-20-8-5-4-6-9-20)37-28(38)23(16-22-17-34-19-40-22)36-29(39)24-18-33-12-13-35-24/h4-6,8-9,12-13,17-19,21,23,25-27H,7,10-11,14-16H2,1-3H3,(H,36,39)(H,37,38)/t21-,23-,25-,26+,27-,31-/m0/s1. The Morgan fingerprint density at radius 3 is 2.62 bits per heavy atom. The zero-order valence-corrected chi connectivity index (χ0v) is 24.4. The molecule has 0 unspecified atom stereocenters. The van der Waals surface area contributed by atoms with Gasteiger partial charge in [0.2, 0.25) is 5.91 Å². The van der Waals surface area contributed by atoms with Gasteiger partial charge in [-0.1, -0.05) is 44.2 Å². The quantitative estimate of drug-likeness (QED) is 0.335. The van der Waals surface area contributed by atoms with Crippen molar-refractivity contribution in [2.75, 3.05) is 0 Å². The molecule has 2 amide bonds. The summed E-state index contributed by atoms with van der Waals surface area (Å²) in [5, 5.41) is 6.00. The van der Waals surface area contributed by atoms with Crippen LogP contribution >= 0.6 is 0 Å². The number of rotatable bonds is 11. The largest absolute Gasteiger partial charge is 0.481 e. The van der Waals surface area contributed by atoms with E-state index in [9.17, 15) is 9.59 Å².